The van der Waals surface area contributed by atoms with Crippen molar-refractivity contribution in [3.63, 3.8) is 0 Å². The average molecular weight is 495 g/mol. The Labute approximate surface area is 210 Å². The summed E-state index contributed by atoms with van der Waals surface area (Å²) in [5, 5.41) is 3.89. The highest BCUT2D eigenvalue weighted by atomic mass is 32.2. The number of fused-ring (bicyclic) bond motifs is 1. The van der Waals surface area contributed by atoms with Crippen molar-refractivity contribution in [3.05, 3.63) is 70.5 Å². The molecule has 4 rings (SSSR count). The molecule has 1 saturated heterocycles. The number of carbonyl (C=O) groups is 1. The lowest BCUT2D eigenvalue weighted by Crippen LogP contribution is -2.37. The van der Waals surface area contributed by atoms with E-state index in [0.717, 1.165) is 39.3 Å². The lowest BCUT2D eigenvalue weighted by atomic mass is 10.0. The number of nitrogens with zero attached hydrogens (tertiary/aromatic N) is 3. The molecule has 0 saturated carbocycles. The maximum Gasteiger partial charge on any atom is 0.262 e. The van der Waals surface area contributed by atoms with Crippen LogP contribution in [0.3, 0.4) is 0 Å². The molecule has 0 bridgehead atoms. The Morgan fingerprint density at radius 3 is 2.54 bits per heavy atom. The number of morpholine rings is 1. The number of amides is 1. The fourth-order valence-corrected chi connectivity index (χ4v) is 5.18. The van der Waals surface area contributed by atoms with Crippen LogP contribution in [-0.4, -0.2) is 65.0 Å². The van der Waals surface area contributed by atoms with Gasteiger partial charge in [-0.2, -0.15) is 0 Å². The van der Waals surface area contributed by atoms with E-state index in [2.05, 4.69) is 29.3 Å². The van der Waals surface area contributed by atoms with Crippen molar-refractivity contribution >= 4 is 28.6 Å². The Balaban J connectivity index is 1.44. The van der Waals surface area contributed by atoms with Gasteiger partial charge < -0.3 is 10.1 Å². The predicted molar refractivity (Wildman–Crippen MR) is 141 cm³/mol. The van der Waals surface area contributed by atoms with Crippen molar-refractivity contribution in [1.29, 1.82) is 0 Å². The molecule has 2 heterocycles. The molecule has 1 aromatic heterocycles. The average Bonchev–Trinajstić information content (AvgIpc) is 2.90. The molecule has 1 aliphatic heterocycles. The fraction of sp³-hybridized carbons (Fsp3) is 0.444. The number of hydrogen-bond acceptors (Lipinski definition) is 6. The van der Waals surface area contributed by atoms with Gasteiger partial charge in [0, 0.05) is 32.7 Å². The van der Waals surface area contributed by atoms with E-state index in [4.69, 9.17) is 9.72 Å². The van der Waals surface area contributed by atoms with Crippen LogP contribution in [0.2, 0.25) is 0 Å². The first-order valence-corrected chi connectivity index (χ1v) is 13.2. The second-order valence-electron chi connectivity index (χ2n) is 8.99. The Kier molecular flexibility index (Phi) is 8.95. The molecular weight excluding hydrogens is 460 g/mol. The van der Waals surface area contributed by atoms with Crippen molar-refractivity contribution < 1.29 is 9.53 Å². The van der Waals surface area contributed by atoms with Crippen LogP contribution in [0.15, 0.2) is 64.5 Å². The van der Waals surface area contributed by atoms with E-state index < -0.39 is 0 Å². The lowest BCUT2D eigenvalue weighted by Gasteiger charge is -2.26. The highest BCUT2D eigenvalue weighted by Gasteiger charge is 2.20. The Hall–Kier alpha value is -2.68. The van der Waals surface area contributed by atoms with Gasteiger partial charge in [0.05, 0.1) is 29.4 Å². The maximum atomic E-state index is 13.3. The molecule has 2 unspecified atom stereocenters. The third-order valence-electron chi connectivity index (χ3n) is 6.39. The van der Waals surface area contributed by atoms with Gasteiger partial charge in [-0.1, -0.05) is 61.2 Å². The number of carbonyl (C=O) groups excluding carboxylic acids is 1. The van der Waals surface area contributed by atoms with Gasteiger partial charge in [-0.25, -0.2) is 4.98 Å². The number of thioether (sulfide) groups is 1. The van der Waals surface area contributed by atoms with Gasteiger partial charge in [0.1, 0.15) is 0 Å². The molecule has 1 fully saturated rings. The van der Waals surface area contributed by atoms with Crippen LogP contribution in [-0.2, 0) is 16.1 Å². The molecule has 7 nitrogen and oxygen atoms in total. The van der Waals surface area contributed by atoms with Crippen molar-refractivity contribution in [2.24, 2.45) is 0 Å². The molecule has 2 atom stereocenters. The monoisotopic (exact) mass is 494 g/mol. The molecule has 3 aromatic rings. The van der Waals surface area contributed by atoms with E-state index in [-0.39, 0.29) is 22.6 Å². The summed E-state index contributed by atoms with van der Waals surface area (Å²) < 4.78 is 7.17. The number of benzene rings is 2. The molecule has 2 aromatic carbocycles. The summed E-state index contributed by atoms with van der Waals surface area (Å²) in [6.07, 6.45) is 0.836. The summed E-state index contributed by atoms with van der Waals surface area (Å²) in [6.45, 7) is 9.36. The molecule has 0 radical (unpaired) electrons. The largest absolute Gasteiger partial charge is 0.379 e. The summed E-state index contributed by atoms with van der Waals surface area (Å²) in [5.74, 6) is 0.162. The van der Waals surface area contributed by atoms with Gasteiger partial charge in [0.25, 0.3) is 5.56 Å². The van der Waals surface area contributed by atoms with Gasteiger partial charge in [-0.3, -0.25) is 19.1 Å². The zero-order chi connectivity index (χ0) is 24.6. The van der Waals surface area contributed by atoms with E-state index in [1.807, 2.05) is 49.4 Å². The van der Waals surface area contributed by atoms with Crippen molar-refractivity contribution in [2.45, 2.75) is 43.1 Å². The minimum Gasteiger partial charge on any atom is -0.379 e. The van der Waals surface area contributed by atoms with Crippen LogP contribution >= 0.6 is 11.8 Å². The number of hydrogen-bond donors (Lipinski definition) is 1. The van der Waals surface area contributed by atoms with Crippen LogP contribution in [0.1, 0.15) is 31.7 Å². The Morgan fingerprint density at radius 2 is 1.77 bits per heavy atom. The van der Waals surface area contributed by atoms with E-state index in [0.29, 0.717) is 29.1 Å². The third kappa shape index (κ3) is 6.72. The van der Waals surface area contributed by atoms with E-state index >= 15 is 0 Å². The number of aromatic nitrogens is 2. The van der Waals surface area contributed by atoms with Gasteiger partial charge in [0.15, 0.2) is 5.16 Å². The van der Waals surface area contributed by atoms with Crippen LogP contribution in [0.4, 0.5) is 0 Å². The predicted octanol–water partition coefficient (Wildman–Crippen LogP) is 3.52. The third-order valence-corrected chi connectivity index (χ3v) is 7.48. The summed E-state index contributed by atoms with van der Waals surface area (Å²) in [6, 6.07) is 17.6. The van der Waals surface area contributed by atoms with E-state index in [9.17, 15) is 9.59 Å². The van der Waals surface area contributed by atoms with Gasteiger partial charge >= 0.3 is 0 Å². The van der Waals surface area contributed by atoms with Crippen LogP contribution in [0.5, 0.6) is 0 Å². The number of ether oxygens (including phenoxy) is 1. The molecule has 1 N–H and O–H groups in total. The summed E-state index contributed by atoms with van der Waals surface area (Å²) >= 11 is 1.35. The first-order chi connectivity index (χ1) is 17.0. The minimum absolute atomic E-state index is 0.0506. The zero-order valence-electron chi connectivity index (χ0n) is 20.5. The normalized spacial score (nSPS) is 16.2. The molecule has 0 aliphatic carbocycles. The topological polar surface area (TPSA) is 76.5 Å². The smallest absolute Gasteiger partial charge is 0.262 e. The van der Waals surface area contributed by atoms with E-state index in [1.165, 1.54) is 17.3 Å². The Bertz CT molecular complexity index is 1180. The van der Waals surface area contributed by atoms with Gasteiger partial charge in [-0.15, -0.1) is 0 Å². The molecule has 0 spiro atoms. The highest BCUT2D eigenvalue weighted by molar-refractivity contribution is 8.00. The second-order valence-corrected chi connectivity index (χ2v) is 10.3. The van der Waals surface area contributed by atoms with E-state index in [1.54, 1.807) is 4.57 Å². The minimum atomic E-state index is -0.378. The van der Waals surface area contributed by atoms with Crippen molar-refractivity contribution in [2.75, 3.05) is 39.4 Å². The lowest BCUT2D eigenvalue weighted by molar-refractivity contribution is -0.120. The first kappa shape index (κ1) is 25.4. The summed E-state index contributed by atoms with van der Waals surface area (Å²) in [5.41, 5.74) is 1.80. The van der Waals surface area contributed by atoms with Gasteiger partial charge in [-0.05, 0) is 37.0 Å². The van der Waals surface area contributed by atoms with Crippen molar-refractivity contribution in [1.82, 2.24) is 19.8 Å². The zero-order valence-corrected chi connectivity index (χ0v) is 21.3. The first-order valence-electron chi connectivity index (χ1n) is 12.3. The highest BCUT2D eigenvalue weighted by Crippen LogP contribution is 2.23. The quantitative estimate of drug-likeness (QED) is 0.343. The summed E-state index contributed by atoms with van der Waals surface area (Å²) in [4.78, 5) is 33.4. The van der Waals surface area contributed by atoms with Crippen LogP contribution in [0.25, 0.3) is 10.9 Å². The Morgan fingerprint density at radius 1 is 1.06 bits per heavy atom. The number of para-hydroxylation sites is 1. The molecule has 8 heteroatoms. The van der Waals surface area contributed by atoms with Gasteiger partial charge in [0.2, 0.25) is 5.91 Å². The van der Waals surface area contributed by atoms with Crippen LogP contribution in [0, 0.1) is 0 Å². The molecule has 186 valence electrons. The molecule has 1 aliphatic rings. The van der Waals surface area contributed by atoms with Crippen LogP contribution < -0.4 is 10.9 Å². The van der Waals surface area contributed by atoms with Crippen molar-refractivity contribution in [3.8, 4) is 0 Å². The molecular formula is C27H34N4O3S. The standard InChI is InChI=1S/C27H34N4O3S/c1-20(22-9-4-3-5-10-22)19-28-25(32)21(2)35-27-29-24-12-7-6-11-23(24)26(33)31(27)14-8-13-30-15-17-34-18-16-30/h3-7,9-12,20-21H,8,13-19H2,1-2H3,(H,28,32). The molecule has 35 heavy (non-hydrogen) atoms. The second kappa shape index (κ2) is 12.3. The number of rotatable bonds is 10. The fourth-order valence-electron chi connectivity index (χ4n) is 4.22. The summed E-state index contributed by atoms with van der Waals surface area (Å²) in [7, 11) is 0. The molecule has 1 amide bonds. The SMILES string of the molecule is CC(Sc1nc2ccccc2c(=O)n1CCCN1CCOCC1)C(=O)NCC(C)c1ccccc1. The maximum absolute atomic E-state index is 13.3. The number of nitrogens with one attached hydrogen (secondary N) is 1.